The summed E-state index contributed by atoms with van der Waals surface area (Å²) in [5.74, 6) is -0.0530. The maximum absolute atomic E-state index is 12.9. The Morgan fingerprint density at radius 3 is 2.64 bits per heavy atom. The Hall–Kier alpha value is -1.63. The summed E-state index contributed by atoms with van der Waals surface area (Å²) >= 11 is 0. The fourth-order valence-corrected chi connectivity index (χ4v) is 2.90. The van der Waals surface area contributed by atoms with Gasteiger partial charge in [-0.1, -0.05) is 0 Å². The average molecular weight is 310 g/mol. The van der Waals surface area contributed by atoms with Crippen LogP contribution in [0.4, 0.5) is 0 Å². The van der Waals surface area contributed by atoms with Gasteiger partial charge in [-0.05, 0) is 34.4 Å². The van der Waals surface area contributed by atoms with Crippen LogP contribution in [0.25, 0.3) is 0 Å². The van der Waals surface area contributed by atoms with Gasteiger partial charge in [0.05, 0.1) is 12.1 Å². The second-order valence-corrected chi connectivity index (χ2v) is 6.83. The molecular formula is C15H26N4O3. The number of likely N-dealkylation sites (N-methyl/N-ethyl adjacent to an activating group) is 1. The number of rotatable bonds is 4. The molecule has 2 heterocycles. The summed E-state index contributed by atoms with van der Waals surface area (Å²) in [5.41, 5.74) is -0.611. The molecule has 7 heteroatoms. The van der Waals surface area contributed by atoms with Gasteiger partial charge in [0.15, 0.2) is 0 Å². The van der Waals surface area contributed by atoms with E-state index in [1.165, 1.54) is 0 Å². The Labute approximate surface area is 131 Å². The Kier molecular flexibility index (Phi) is 4.75. The van der Waals surface area contributed by atoms with E-state index in [-0.39, 0.29) is 17.7 Å². The summed E-state index contributed by atoms with van der Waals surface area (Å²) in [6, 6.07) is -0.427. The van der Waals surface area contributed by atoms with Crippen molar-refractivity contribution in [3.63, 3.8) is 0 Å². The van der Waals surface area contributed by atoms with Crippen LogP contribution in [0.1, 0.15) is 26.7 Å². The van der Waals surface area contributed by atoms with E-state index < -0.39 is 11.5 Å². The highest BCUT2D eigenvalue weighted by atomic mass is 16.2. The monoisotopic (exact) mass is 310 g/mol. The van der Waals surface area contributed by atoms with Crippen molar-refractivity contribution in [2.75, 3.05) is 40.4 Å². The van der Waals surface area contributed by atoms with Crippen LogP contribution >= 0.6 is 0 Å². The Morgan fingerprint density at radius 2 is 2.09 bits per heavy atom. The molecule has 2 unspecified atom stereocenters. The summed E-state index contributed by atoms with van der Waals surface area (Å²) in [4.78, 5) is 41.9. The first-order valence-corrected chi connectivity index (χ1v) is 7.76. The lowest BCUT2D eigenvalue weighted by atomic mass is 9.81. The van der Waals surface area contributed by atoms with Crippen molar-refractivity contribution in [3.05, 3.63) is 0 Å². The van der Waals surface area contributed by atoms with Crippen LogP contribution in [-0.4, -0.2) is 78.9 Å². The molecule has 0 aliphatic carbocycles. The van der Waals surface area contributed by atoms with Gasteiger partial charge in [0.1, 0.15) is 6.04 Å². The maximum atomic E-state index is 12.9. The molecule has 2 atom stereocenters. The van der Waals surface area contributed by atoms with Crippen LogP contribution in [-0.2, 0) is 14.4 Å². The van der Waals surface area contributed by atoms with Crippen LogP contribution in [0.5, 0.6) is 0 Å². The van der Waals surface area contributed by atoms with E-state index >= 15 is 0 Å². The summed E-state index contributed by atoms with van der Waals surface area (Å²) in [7, 11) is 3.91. The smallest absolute Gasteiger partial charge is 0.246 e. The molecule has 2 aliphatic heterocycles. The van der Waals surface area contributed by atoms with Crippen molar-refractivity contribution < 1.29 is 14.4 Å². The van der Waals surface area contributed by atoms with Crippen LogP contribution in [0, 0.1) is 5.41 Å². The standard InChI is InChI=1S/C15H26N4O3/c1-11-13(21)18(8-7-17(3)4)10-19(11)14(22)15(2)6-5-12(20)16-9-15/h11H,5-10H2,1-4H3,(H,16,20). The van der Waals surface area contributed by atoms with Gasteiger partial charge >= 0.3 is 0 Å². The summed E-state index contributed by atoms with van der Waals surface area (Å²) < 4.78 is 0. The number of hydrogen-bond acceptors (Lipinski definition) is 4. The zero-order valence-electron chi connectivity index (χ0n) is 13.9. The van der Waals surface area contributed by atoms with Crippen LogP contribution < -0.4 is 5.32 Å². The molecule has 0 bridgehead atoms. The van der Waals surface area contributed by atoms with E-state index in [1.807, 2.05) is 25.9 Å². The minimum absolute atomic E-state index is 0.00125. The van der Waals surface area contributed by atoms with E-state index in [4.69, 9.17) is 0 Å². The van der Waals surface area contributed by atoms with Gasteiger partial charge in [0.25, 0.3) is 0 Å². The van der Waals surface area contributed by atoms with Crippen molar-refractivity contribution in [2.45, 2.75) is 32.7 Å². The van der Waals surface area contributed by atoms with Crippen molar-refractivity contribution in [1.82, 2.24) is 20.0 Å². The Morgan fingerprint density at radius 1 is 1.41 bits per heavy atom. The van der Waals surface area contributed by atoms with E-state index in [0.717, 1.165) is 6.54 Å². The third-order valence-electron chi connectivity index (χ3n) is 4.63. The van der Waals surface area contributed by atoms with Gasteiger partial charge in [-0.15, -0.1) is 0 Å². The lowest BCUT2D eigenvalue weighted by Gasteiger charge is -2.36. The highest BCUT2D eigenvalue weighted by molar-refractivity contribution is 5.93. The van der Waals surface area contributed by atoms with E-state index in [1.54, 1.807) is 16.7 Å². The SMILES string of the molecule is CC1C(=O)N(CCN(C)C)CN1C(=O)C1(C)CCC(=O)NC1. The second-order valence-electron chi connectivity index (χ2n) is 6.83. The number of hydrogen-bond donors (Lipinski definition) is 1. The highest BCUT2D eigenvalue weighted by Crippen LogP contribution is 2.31. The van der Waals surface area contributed by atoms with Gasteiger partial charge in [-0.25, -0.2) is 0 Å². The number of amides is 3. The number of nitrogens with one attached hydrogen (secondary N) is 1. The largest absolute Gasteiger partial charge is 0.355 e. The molecule has 0 saturated carbocycles. The fraction of sp³-hybridized carbons (Fsp3) is 0.800. The Bertz CT molecular complexity index is 467. The van der Waals surface area contributed by atoms with Crippen LogP contribution in [0.2, 0.25) is 0 Å². The molecule has 2 aliphatic rings. The normalized spacial score (nSPS) is 29.2. The maximum Gasteiger partial charge on any atom is 0.246 e. The van der Waals surface area contributed by atoms with E-state index in [0.29, 0.717) is 32.6 Å². The molecule has 3 amide bonds. The molecule has 2 saturated heterocycles. The minimum atomic E-state index is -0.611. The first-order chi connectivity index (χ1) is 10.2. The number of carbonyl (C=O) groups is 3. The molecule has 7 nitrogen and oxygen atoms in total. The number of carbonyl (C=O) groups excluding carboxylic acids is 3. The van der Waals surface area contributed by atoms with Gasteiger partial charge in [0.2, 0.25) is 17.7 Å². The van der Waals surface area contributed by atoms with E-state index in [2.05, 4.69) is 5.32 Å². The predicted octanol–water partition coefficient (Wildman–Crippen LogP) is -0.519. The summed E-state index contributed by atoms with van der Waals surface area (Å²) in [6.07, 6.45) is 0.898. The Balaban J connectivity index is 2.04. The average Bonchev–Trinajstić information content (AvgIpc) is 2.75. The molecule has 0 aromatic rings. The zero-order valence-corrected chi connectivity index (χ0v) is 13.9. The summed E-state index contributed by atoms with van der Waals surface area (Å²) in [6.45, 7) is 5.73. The van der Waals surface area contributed by atoms with Crippen LogP contribution in [0.15, 0.2) is 0 Å². The molecule has 124 valence electrons. The lowest BCUT2D eigenvalue weighted by molar-refractivity contribution is -0.146. The first kappa shape index (κ1) is 16.7. The molecule has 0 aromatic carbocycles. The molecule has 1 N–H and O–H groups in total. The zero-order chi connectivity index (χ0) is 16.5. The number of nitrogens with zero attached hydrogens (tertiary/aromatic N) is 3. The van der Waals surface area contributed by atoms with Crippen molar-refractivity contribution in [2.24, 2.45) is 5.41 Å². The first-order valence-electron chi connectivity index (χ1n) is 7.76. The molecule has 2 fully saturated rings. The van der Waals surface area contributed by atoms with Gasteiger partial charge in [-0.3, -0.25) is 14.4 Å². The van der Waals surface area contributed by atoms with Gasteiger partial charge in [-0.2, -0.15) is 0 Å². The van der Waals surface area contributed by atoms with Crippen molar-refractivity contribution >= 4 is 17.7 Å². The highest BCUT2D eigenvalue weighted by Gasteiger charge is 2.46. The molecule has 0 aromatic heterocycles. The molecule has 0 spiro atoms. The summed E-state index contributed by atoms with van der Waals surface area (Å²) in [5, 5.41) is 2.76. The molecule has 22 heavy (non-hydrogen) atoms. The van der Waals surface area contributed by atoms with Crippen molar-refractivity contribution in [3.8, 4) is 0 Å². The predicted molar refractivity (Wildman–Crippen MR) is 81.8 cm³/mol. The lowest BCUT2D eigenvalue weighted by Crippen LogP contribution is -2.53. The van der Waals surface area contributed by atoms with E-state index in [9.17, 15) is 14.4 Å². The molecular weight excluding hydrogens is 284 g/mol. The number of piperidine rings is 1. The minimum Gasteiger partial charge on any atom is -0.355 e. The second kappa shape index (κ2) is 6.24. The third kappa shape index (κ3) is 3.24. The fourth-order valence-electron chi connectivity index (χ4n) is 2.90. The van der Waals surface area contributed by atoms with Crippen LogP contribution in [0.3, 0.4) is 0 Å². The molecule has 0 radical (unpaired) electrons. The molecule has 2 rings (SSSR count). The van der Waals surface area contributed by atoms with Gasteiger partial charge < -0.3 is 20.0 Å². The third-order valence-corrected chi connectivity index (χ3v) is 4.63. The van der Waals surface area contributed by atoms with Gasteiger partial charge in [0, 0.05) is 26.1 Å². The quantitative estimate of drug-likeness (QED) is 0.758. The topological polar surface area (TPSA) is 73.0 Å². The van der Waals surface area contributed by atoms with Crippen molar-refractivity contribution in [1.29, 1.82) is 0 Å².